The quantitative estimate of drug-likeness (QED) is 0.386. The number of alkyl halides is 2. The van der Waals surface area contributed by atoms with E-state index in [2.05, 4.69) is 4.74 Å². The lowest BCUT2D eigenvalue weighted by molar-refractivity contribution is -0.158. The zero-order valence-corrected chi connectivity index (χ0v) is 19.0. The van der Waals surface area contributed by atoms with Crippen molar-refractivity contribution in [1.82, 2.24) is 9.80 Å². The van der Waals surface area contributed by atoms with Gasteiger partial charge >= 0.3 is 12.6 Å². The van der Waals surface area contributed by atoms with Crippen LogP contribution in [0.2, 0.25) is 0 Å². The molecule has 0 atom stereocenters. The summed E-state index contributed by atoms with van der Waals surface area (Å²) in [7, 11) is 3.73. The first-order valence-electron chi connectivity index (χ1n) is 9.96. The molecule has 31 heavy (non-hydrogen) atoms. The van der Waals surface area contributed by atoms with Gasteiger partial charge in [-0.15, -0.1) is 0 Å². The maximum absolute atomic E-state index is 12.7. The van der Waals surface area contributed by atoms with Crippen molar-refractivity contribution in [3.05, 3.63) is 29.8 Å². The number of hydrogen-bond acceptors (Lipinski definition) is 6. The Bertz CT molecular complexity index is 761. The first-order chi connectivity index (χ1) is 14.4. The second-order valence-corrected chi connectivity index (χ2v) is 8.00. The molecule has 0 fully saturated rings. The van der Waals surface area contributed by atoms with E-state index in [4.69, 9.17) is 9.47 Å². The van der Waals surface area contributed by atoms with Crippen LogP contribution >= 0.6 is 0 Å². The highest BCUT2D eigenvalue weighted by Crippen LogP contribution is 2.30. The summed E-state index contributed by atoms with van der Waals surface area (Å²) in [5.41, 5.74) is -0.0933. The van der Waals surface area contributed by atoms with Crippen LogP contribution in [0.1, 0.15) is 33.3 Å². The van der Waals surface area contributed by atoms with Crippen LogP contribution in [0.5, 0.6) is 11.5 Å². The minimum atomic E-state index is -2.97. The maximum atomic E-state index is 12.7. The molecule has 0 bridgehead atoms. The second kappa shape index (κ2) is 12.2. The predicted octanol–water partition coefficient (Wildman–Crippen LogP) is 3.43. The van der Waals surface area contributed by atoms with Crippen molar-refractivity contribution in [3.8, 4) is 11.5 Å². The molecule has 0 aliphatic carbocycles. The number of esters is 1. The van der Waals surface area contributed by atoms with Gasteiger partial charge in [-0.25, -0.2) is 0 Å². The number of likely N-dealkylation sites (N-methyl/N-ethyl adjacent to an activating group) is 1. The summed E-state index contributed by atoms with van der Waals surface area (Å²) in [6.07, 6.45) is 2.84. The summed E-state index contributed by atoms with van der Waals surface area (Å²) in [6.45, 7) is 5.01. The number of amides is 1. The van der Waals surface area contributed by atoms with E-state index in [0.717, 1.165) is 0 Å². The van der Waals surface area contributed by atoms with Gasteiger partial charge in [0, 0.05) is 19.2 Å². The minimum Gasteiger partial charge on any atom is -0.490 e. The zero-order valence-electron chi connectivity index (χ0n) is 19.0. The fourth-order valence-electron chi connectivity index (χ4n) is 2.48. The largest absolute Gasteiger partial charge is 0.490 e. The van der Waals surface area contributed by atoms with Crippen molar-refractivity contribution in [1.29, 1.82) is 0 Å². The Morgan fingerprint density at radius 3 is 2.35 bits per heavy atom. The van der Waals surface area contributed by atoms with Gasteiger partial charge in [-0.2, -0.15) is 8.78 Å². The molecule has 0 saturated carbocycles. The number of ether oxygens (including phenoxy) is 3. The summed E-state index contributed by atoms with van der Waals surface area (Å²) in [5.74, 6) is -0.813. The van der Waals surface area contributed by atoms with Crippen molar-refractivity contribution in [2.24, 2.45) is 0 Å². The third kappa shape index (κ3) is 10.8. The lowest BCUT2D eigenvalue weighted by atomic mass is 10.2. The Kier molecular flexibility index (Phi) is 10.4. The second-order valence-electron chi connectivity index (χ2n) is 8.00. The number of rotatable bonds is 11. The molecule has 174 valence electrons. The standard InChI is InChI=1S/C22H32F2N2O5/c1-7-29-18-14-16(8-10-17(18)30-21(23)24)9-11-19(27)26(13-12-25(5)6)15-20(28)31-22(2,3)4/h8-11,14,21H,7,12-13,15H2,1-6H3/b11-9+. The van der Waals surface area contributed by atoms with Crippen LogP contribution in [-0.4, -0.2) is 74.2 Å². The highest BCUT2D eigenvalue weighted by molar-refractivity contribution is 5.93. The van der Waals surface area contributed by atoms with Crippen LogP contribution in [-0.2, 0) is 14.3 Å². The molecule has 0 unspecified atom stereocenters. The van der Waals surface area contributed by atoms with Gasteiger partial charge in [0.05, 0.1) is 6.61 Å². The third-order valence-corrected chi connectivity index (χ3v) is 3.77. The van der Waals surface area contributed by atoms with Gasteiger partial charge in [0.2, 0.25) is 5.91 Å². The van der Waals surface area contributed by atoms with Gasteiger partial charge in [-0.1, -0.05) is 6.07 Å². The van der Waals surface area contributed by atoms with E-state index in [1.807, 2.05) is 19.0 Å². The highest BCUT2D eigenvalue weighted by atomic mass is 19.3. The molecule has 1 aromatic rings. The lowest BCUT2D eigenvalue weighted by Crippen LogP contribution is -2.41. The Balaban J connectivity index is 2.97. The van der Waals surface area contributed by atoms with Crippen molar-refractivity contribution < 1.29 is 32.6 Å². The van der Waals surface area contributed by atoms with Gasteiger partial charge in [0.1, 0.15) is 12.1 Å². The molecule has 0 heterocycles. The number of halogens is 2. The number of carbonyl (C=O) groups excluding carboxylic acids is 2. The Morgan fingerprint density at radius 2 is 1.81 bits per heavy atom. The Morgan fingerprint density at radius 1 is 1.13 bits per heavy atom. The van der Waals surface area contributed by atoms with E-state index in [0.29, 0.717) is 18.7 Å². The summed E-state index contributed by atoms with van der Waals surface area (Å²) in [6, 6.07) is 4.39. The molecule has 1 aromatic carbocycles. The molecule has 0 saturated heterocycles. The molecule has 0 aliphatic heterocycles. The Labute approximate surface area is 182 Å². The number of carbonyl (C=O) groups is 2. The predicted molar refractivity (Wildman–Crippen MR) is 114 cm³/mol. The topological polar surface area (TPSA) is 68.3 Å². The number of benzene rings is 1. The van der Waals surface area contributed by atoms with Crippen LogP contribution in [0.25, 0.3) is 6.08 Å². The molecule has 7 nitrogen and oxygen atoms in total. The van der Waals surface area contributed by atoms with Crippen molar-refractivity contribution in [3.63, 3.8) is 0 Å². The Hall–Kier alpha value is -2.68. The van der Waals surface area contributed by atoms with Crippen molar-refractivity contribution in [2.75, 3.05) is 40.3 Å². The number of nitrogens with zero attached hydrogens (tertiary/aromatic N) is 2. The van der Waals surface area contributed by atoms with Gasteiger partial charge in [-0.05, 0) is 65.6 Å². The monoisotopic (exact) mass is 442 g/mol. The van der Waals surface area contributed by atoms with Crippen molar-refractivity contribution in [2.45, 2.75) is 39.9 Å². The van der Waals surface area contributed by atoms with Crippen LogP contribution in [0.3, 0.4) is 0 Å². The molecule has 9 heteroatoms. The van der Waals surface area contributed by atoms with E-state index >= 15 is 0 Å². The molecule has 1 amide bonds. The fraction of sp³-hybridized carbons (Fsp3) is 0.545. The molecule has 0 spiro atoms. The van der Waals surface area contributed by atoms with E-state index < -0.39 is 18.2 Å². The van der Waals surface area contributed by atoms with Gasteiger partial charge < -0.3 is 24.0 Å². The molecule has 0 aromatic heterocycles. The molecule has 0 N–H and O–H groups in total. The summed E-state index contributed by atoms with van der Waals surface area (Å²) >= 11 is 0. The van der Waals surface area contributed by atoms with E-state index in [9.17, 15) is 18.4 Å². The molecular formula is C22H32F2N2O5. The van der Waals surface area contributed by atoms with Crippen LogP contribution in [0.15, 0.2) is 24.3 Å². The SMILES string of the molecule is CCOc1cc(/C=C/C(=O)N(CCN(C)C)CC(=O)OC(C)(C)C)ccc1OC(F)F. The van der Waals surface area contributed by atoms with Gasteiger partial charge in [0.25, 0.3) is 0 Å². The number of hydrogen-bond donors (Lipinski definition) is 0. The molecule has 0 radical (unpaired) electrons. The van der Waals surface area contributed by atoms with E-state index in [1.54, 1.807) is 27.7 Å². The molecule has 0 aliphatic rings. The van der Waals surface area contributed by atoms with E-state index in [1.165, 1.54) is 35.3 Å². The smallest absolute Gasteiger partial charge is 0.387 e. The summed E-state index contributed by atoms with van der Waals surface area (Å²) in [4.78, 5) is 28.2. The fourth-order valence-corrected chi connectivity index (χ4v) is 2.48. The normalized spacial score (nSPS) is 11.8. The first kappa shape index (κ1) is 26.4. The van der Waals surface area contributed by atoms with Gasteiger partial charge in [-0.3, -0.25) is 9.59 Å². The average Bonchev–Trinajstić information content (AvgIpc) is 2.63. The van der Waals surface area contributed by atoms with Crippen LogP contribution in [0, 0.1) is 0 Å². The lowest BCUT2D eigenvalue weighted by Gasteiger charge is -2.25. The zero-order chi connectivity index (χ0) is 23.6. The third-order valence-electron chi connectivity index (χ3n) is 3.77. The van der Waals surface area contributed by atoms with E-state index in [-0.39, 0.29) is 30.6 Å². The summed E-state index contributed by atoms with van der Waals surface area (Å²) < 4.78 is 40.2. The first-order valence-corrected chi connectivity index (χ1v) is 9.96. The highest BCUT2D eigenvalue weighted by Gasteiger charge is 2.21. The maximum Gasteiger partial charge on any atom is 0.387 e. The molecular weight excluding hydrogens is 410 g/mol. The van der Waals surface area contributed by atoms with Crippen molar-refractivity contribution >= 4 is 18.0 Å². The van der Waals surface area contributed by atoms with Crippen LogP contribution in [0.4, 0.5) is 8.78 Å². The minimum absolute atomic E-state index is 0.0853. The average molecular weight is 443 g/mol. The summed E-state index contributed by atoms with van der Waals surface area (Å²) in [5, 5.41) is 0. The van der Waals surface area contributed by atoms with Gasteiger partial charge in [0.15, 0.2) is 11.5 Å². The van der Waals surface area contributed by atoms with Crippen LogP contribution < -0.4 is 9.47 Å². The molecule has 1 rings (SSSR count).